The van der Waals surface area contributed by atoms with Gasteiger partial charge in [0.2, 0.25) is 6.10 Å². The molecule has 3 N–H and O–H groups in total. The number of aliphatic hydroxyl groups is 2. The lowest BCUT2D eigenvalue weighted by atomic mass is 9.44. The summed E-state index contributed by atoms with van der Waals surface area (Å²) in [6, 6.07) is 15.4. The van der Waals surface area contributed by atoms with E-state index in [1.165, 1.54) is 106 Å². The fourth-order valence-corrected chi connectivity index (χ4v) is 17.8. The number of thioether (sulfide) groups is 2. The van der Waals surface area contributed by atoms with Gasteiger partial charge in [-0.25, -0.2) is 14.4 Å². The zero-order valence-corrected chi connectivity index (χ0v) is 55.2. The number of esters is 5. The Morgan fingerprint density at radius 1 is 0.779 bits per heavy atom. The first-order chi connectivity index (χ1) is 40.5. The van der Waals surface area contributed by atoms with Crippen LogP contribution in [-0.2, 0) is 83.7 Å². The maximum atomic E-state index is 16.0. The highest BCUT2D eigenvalue weighted by Gasteiger charge is 2.79. The summed E-state index contributed by atoms with van der Waals surface area (Å²) in [6.07, 6.45) is -11.0. The first kappa shape index (κ1) is 70.3. The highest BCUT2D eigenvalue weighted by molar-refractivity contribution is 8.00. The normalized spacial score (nSPS) is 26.9. The predicted molar refractivity (Wildman–Crippen MR) is 318 cm³/mol. The van der Waals surface area contributed by atoms with Crippen molar-refractivity contribution in [1.29, 1.82) is 0 Å². The lowest BCUT2D eigenvalue weighted by molar-refractivity contribution is -0.346. The molecule has 1 amide bonds. The maximum Gasteiger partial charge on any atom is 0.500 e. The minimum atomic E-state index is -2.94. The Labute approximate surface area is 513 Å². The second-order valence-corrected chi connectivity index (χ2v) is 31.8. The number of aliphatic hydroxyl groups excluding tert-OH is 1. The average Bonchev–Trinajstić information content (AvgIpc) is 0.687. The van der Waals surface area contributed by atoms with E-state index in [-0.39, 0.29) is 41.2 Å². The van der Waals surface area contributed by atoms with Gasteiger partial charge in [0.25, 0.3) is 0 Å². The highest BCUT2D eigenvalue weighted by Crippen LogP contribution is 2.64. The molecule has 0 aromatic heterocycles. The molecule has 4 aliphatic rings. The molecule has 11 atom stereocenters. The number of carbonyl (C=O) groups excluding carboxylic acids is 7. The van der Waals surface area contributed by atoms with Crippen LogP contribution in [0.1, 0.15) is 103 Å². The van der Waals surface area contributed by atoms with Gasteiger partial charge in [0.05, 0.1) is 35.0 Å². The van der Waals surface area contributed by atoms with Crippen LogP contribution in [0.3, 0.4) is 0 Å². The molecular formula is C59H85NO22S2Si2. The lowest BCUT2D eigenvalue weighted by Gasteiger charge is -2.67. The van der Waals surface area contributed by atoms with E-state index in [0.717, 1.165) is 6.92 Å². The fraction of sp³-hybridized carbons (Fsp3) is 0.644. The van der Waals surface area contributed by atoms with E-state index in [0.29, 0.717) is 42.0 Å². The minimum Gasteiger partial charge on any atom is -0.461 e. The first-order valence-electron chi connectivity index (χ1n) is 28.3. The Hall–Kier alpha value is -4.76. The molecule has 0 unspecified atom stereocenters. The van der Waals surface area contributed by atoms with Crippen LogP contribution in [0.4, 0.5) is 4.79 Å². The number of hydrogen-bond donors (Lipinski definition) is 3. The molecule has 23 nitrogen and oxygen atoms in total. The summed E-state index contributed by atoms with van der Waals surface area (Å²) in [6.45, 7) is 11.7. The van der Waals surface area contributed by atoms with Crippen LogP contribution < -0.4 is 5.32 Å². The molecule has 3 fully saturated rings. The van der Waals surface area contributed by atoms with Crippen LogP contribution in [0.2, 0.25) is 12.1 Å². The average molecular weight is 1280 g/mol. The molecule has 478 valence electrons. The molecule has 86 heavy (non-hydrogen) atoms. The van der Waals surface area contributed by atoms with Crippen molar-refractivity contribution in [2.24, 2.45) is 16.7 Å². The highest BCUT2D eigenvalue weighted by atomic mass is 32.2. The van der Waals surface area contributed by atoms with Gasteiger partial charge in [0.1, 0.15) is 47.8 Å². The van der Waals surface area contributed by atoms with Gasteiger partial charge < -0.3 is 75.2 Å². The van der Waals surface area contributed by atoms with Crippen molar-refractivity contribution in [2.45, 2.75) is 153 Å². The summed E-state index contributed by atoms with van der Waals surface area (Å²) in [5.41, 5.74) is -9.07. The number of Topliss-reactive ketones (excluding diaryl/α,β-unsaturated/α-hetero) is 1. The Balaban J connectivity index is 1.46. The molecule has 6 rings (SSSR count). The van der Waals surface area contributed by atoms with Crippen molar-refractivity contribution in [3.8, 4) is 0 Å². The number of amides is 1. The summed E-state index contributed by atoms with van der Waals surface area (Å²) in [4.78, 5) is 102. The summed E-state index contributed by atoms with van der Waals surface area (Å²) in [5, 5.41) is 29.9. The molecule has 1 saturated heterocycles. The number of alkyl carbamates (subject to hydrolysis) is 1. The van der Waals surface area contributed by atoms with E-state index in [2.05, 4.69) is 5.32 Å². The van der Waals surface area contributed by atoms with E-state index in [1.807, 2.05) is 0 Å². The van der Waals surface area contributed by atoms with Crippen LogP contribution in [0.5, 0.6) is 0 Å². The second kappa shape index (κ2) is 29.3. The molecule has 0 radical (unpaired) electrons. The minimum absolute atomic E-state index is 0.0251. The van der Waals surface area contributed by atoms with E-state index < -0.39 is 142 Å². The number of ketones is 1. The van der Waals surface area contributed by atoms with Gasteiger partial charge in [-0.15, -0.1) is 0 Å². The lowest BCUT2D eigenvalue weighted by Crippen LogP contribution is -2.82. The number of fused-ring (bicyclic) bond motifs is 5. The third-order valence-electron chi connectivity index (χ3n) is 16.9. The molecule has 2 aromatic rings. The van der Waals surface area contributed by atoms with Crippen LogP contribution in [0.15, 0.2) is 71.8 Å². The van der Waals surface area contributed by atoms with Crippen LogP contribution in [-0.4, -0.2) is 195 Å². The first-order valence-corrected chi connectivity index (χ1v) is 34.5. The molecular weight excluding hydrogens is 1190 g/mol. The van der Waals surface area contributed by atoms with Crippen molar-refractivity contribution in [1.82, 2.24) is 5.32 Å². The van der Waals surface area contributed by atoms with E-state index in [9.17, 15) is 34.2 Å². The smallest absolute Gasteiger partial charge is 0.461 e. The number of carbonyl (C=O) groups is 7. The van der Waals surface area contributed by atoms with Gasteiger partial charge >= 0.3 is 53.5 Å². The van der Waals surface area contributed by atoms with Crippen molar-refractivity contribution in [2.75, 3.05) is 72.3 Å². The van der Waals surface area contributed by atoms with Crippen molar-refractivity contribution < 1.29 is 103 Å². The molecule has 1 heterocycles. The summed E-state index contributed by atoms with van der Waals surface area (Å²) < 4.78 is 76.6. The SMILES string of the molecule is CO[Si](CCCSCC(=O)O[C@H]1C[C@H]2OC[C@@]2(OC(C)=O)[C@H]2[C@H](OC(=O)c3ccccc3)[C@]3(O)C[C@H](OC(=O)[C@H](OC(=O)CSCCC[Si](OC)(OC)OC)[C@@H](NC(=O)OC(C)(C)C)c4ccccc4)C(C)=C([C@@H](O)C(=O)[C@]12C)C3(C)C)(OC)OC. The zero-order valence-electron chi connectivity index (χ0n) is 51.5. The number of hydrogen-bond acceptors (Lipinski definition) is 24. The third kappa shape index (κ3) is 15.1. The second-order valence-electron chi connectivity index (χ2n) is 23.4. The number of nitrogens with one attached hydrogen (secondary N) is 1. The number of benzene rings is 2. The van der Waals surface area contributed by atoms with Crippen LogP contribution in [0.25, 0.3) is 0 Å². The molecule has 2 saturated carbocycles. The molecule has 2 aromatic carbocycles. The van der Waals surface area contributed by atoms with Gasteiger partial charge in [0, 0.05) is 79.9 Å². The van der Waals surface area contributed by atoms with Crippen molar-refractivity contribution >= 4 is 82.9 Å². The molecule has 2 bridgehead atoms. The van der Waals surface area contributed by atoms with Crippen molar-refractivity contribution in [3.63, 3.8) is 0 Å². The largest absolute Gasteiger partial charge is 0.500 e. The Morgan fingerprint density at radius 3 is 1.81 bits per heavy atom. The number of rotatable bonds is 28. The van der Waals surface area contributed by atoms with Crippen molar-refractivity contribution in [3.05, 3.63) is 82.9 Å². The van der Waals surface area contributed by atoms with E-state index in [1.54, 1.807) is 69.3 Å². The zero-order chi connectivity index (χ0) is 63.6. The Bertz CT molecular complexity index is 2730. The Morgan fingerprint density at radius 2 is 1.31 bits per heavy atom. The standard InChI is InChI=1S/C59H85NO22S2Si2/c1-36-40(77-53(67)48(79-44(63)34-84-28-22-30-86(73-12,74-13)75-14)46(38-23-17-15-18-24-38)60-54(68)82-55(3,4)5)32-59(69)51(80-52(66)39-25-19-16-20-26-39)49-57(8,50(65)47(64)45(36)56(59,6)7)41(31-42-58(49,35-76-42)81-37(2)61)78-43(62)33-83-27-21-29-85(70-9,71-10)72-11/h15-20,23-26,40-42,46-49,51,64,69H,21-22,27-35H2,1-14H3,(H,60,68)/t40-,41-,42+,46-,47+,48+,49-,51-,57+,58-,59+/m0/s1. The Kier molecular flexibility index (Phi) is 23.9. The monoisotopic (exact) mass is 1280 g/mol. The predicted octanol–water partition coefficient (Wildman–Crippen LogP) is 6.36. The fourth-order valence-electron chi connectivity index (χ4n) is 12.4. The summed E-state index contributed by atoms with van der Waals surface area (Å²) in [7, 11) is 3.13. The van der Waals surface area contributed by atoms with Gasteiger partial charge in [-0.2, -0.15) is 23.5 Å². The quantitative estimate of drug-likeness (QED) is 0.0274. The number of ether oxygens (including phenoxy) is 7. The van der Waals surface area contributed by atoms with Gasteiger partial charge in [0.15, 0.2) is 11.4 Å². The maximum absolute atomic E-state index is 16.0. The topological polar surface area (TPSA) is 292 Å². The summed E-state index contributed by atoms with van der Waals surface area (Å²) in [5.74, 6) is -6.87. The third-order valence-corrected chi connectivity index (χ3v) is 24.6. The molecule has 27 heteroatoms. The van der Waals surface area contributed by atoms with Crippen LogP contribution in [0, 0.1) is 16.7 Å². The summed E-state index contributed by atoms with van der Waals surface area (Å²) >= 11 is 2.44. The van der Waals surface area contributed by atoms with E-state index in [4.69, 9.17) is 59.7 Å². The molecule has 0 spiro atoms. The van der Waals surface area contributed by atoms with Gasteiger partial charge in [-0.1, -0.05) is 62.4 Å². The van der Waals surface area contributed by atoms with E-state index >= 15 is 9.59 Å². The molecule has 1 aliphatic heterocycles. The molecule has 3 aliphatic carbocycles. The van der Waals surface area contributed by atoms with Gasteiger partial charge in [-0.05, 0) is 87.8 Å². The van der Waals surface area contributed by atoms with Gasteiger partial charge in [-0.3, -0.25) is 19.2 Å². The van der Waals surface area contributed by atoms with Crippen LogP contribution >= 0.6 is 23.5 Å².